The Kier molecular flexibility index (Phi) is 1.63. The molecule has 66 valence electrons. The molecule has 0 atom stereocenters. The van der Waals surface area contributed by atoms with Crippen LogP contribution >= 0.6 is 11.6 Å². The van der Waals surface area contributed by atoms with Gasteiger partial charge in [-0.05, 0) is 24.6 Å². The third-order valence-corrected chi connectivity index (χ3v) is 2.33. The van der Waals surface area contributed by atoms with Gasteiger partial charge >= 0.3 is 11.9 Å². The first kappa shape index (κ1) is 8.26. The minimum atomic E-state index is -0.623. The highest BCUT2D eigenvalue weighted by Gasteiger charge is 2.30. The molecule has 1 aliphatic rings. The molecule has 0 spiro atoms. The first-order chi connectivity index (χ1) is 6.09. The van der Waals surface area contributed by atoms with Gasteiger partial charge in [0, 0.05) is 5.02 Å². The van der Waals surface area contributed by atoms with Crippen molar-refractivity contribution in [2.45, 2.75) is 6.92 Å². The fourth-order valence-corrected chi connectivity index (χ4v) is 1.38. The summed E-state index contributed by atoms with van der Waals surface area (Å²) in [6.45, 7) is 1.76. The van der Waals surface area contributed by atoms with Crippen molar-refractivity contribution in [3.05, 3.63) is 33.8 Å². The molecule has 0 unspecified atom stereocenters. The van der Waals surface area contributed by atoms with Gasteiger partial charge in [-0.3, -0.25) is 0 Å². The average molecular weight is 197 g/mol. The number of cyclic esters (lactones) is 2. The number of fused-ring (bicyclic) bond motifs is 1. The smallest absolute Gasteiger partial charge is 0.346 e. The van der Waals surface area contributed by atoms with Crippen molar-refractivity contribution in [1.82, 2.24) is 0 Å². The highest BCUT2D eigenvalue weighted by Crippen LogP contribution is 2.26. The fraction of sp³-hybridized carbons (Fsp3) is 0.111. The van der Waals surface area contributed by atoms with Crippen molar-refractivity contribution in [2.75, 3.05) is 0 Å². The van der Waals surface area contributed by atoms with Gasteiger partial charge in [-0.15, -0.1) is 0 Å². The summed E-state index contributed by atoms with van der Waals surface area (Å²) in [6.07, 6.45) is 0. The van der Waals surface area contributed by atoms with E-state index in [-0.39, 0.29) is 5.56 Å². The Morgan fingerprint density at radius 3 is 2.31 bits per heavy atom. The zero-order chi connectivity index (χ0) is 9.59. The molecule has 0 saturated carbocycles. The molecule has 0 aromatic heterocycles. The fourth-order valence-electron chi connectivity index (χ4n) is 1.21. The van der Waals surface area contributed by atoms with E-state index >= 15 is 0 Å². The minimum absolute atomic E-state index is 0.251. The van der Waals surface area contributed by atoms with E-state index in [2.05, 4.69) is 4.74 Å². The summed E-state index contributed by atoms with van der Waals surface area (Å²) < 4.78 is 4.41. The van der Waals surface area contributed by atoms with Crippen molar-refractivity contribution in [3.63, 3.8) is 0 Å². The van der Waals surface area contributed by atoms with Gasteiger partial charge < -0.3 is 4.74 Å². The largest absolute Gasteiger partial charge is 0.386 e. The highest BCUT2D eigenvalue weighted by atomic mass is 35.5. The summed E-state index contributed by atoms with van der Waals surface area (Å²) in [6, 6.07) is 3.02. The van der Waals surface area contributed by atoms with Crippen molar-refractivity contribution >= 4 is 23.5 Å². The number of ether oxygens (including phenoxy) is 1. The van der Waals surface area contributed by atoms with Gasteiger partial charge in [0.2, 0.25) is 0 Å². The lowest BCUT2D eigenvalue weighted by Crippen LogP contribution is -1.96. The van der Waals surface area contributed by atoms with Gasteiger partial charge in [0.05, 0.1) is 11.1 Å². The Hall–Kier alpha value is -1.35. The maximum absolute atomic E-state index is 11.1. The van der Waals surface area contributed by atoms with E-state index in [0.717, 1.165) is 5.56 Å². The summed E-state index contributed by atoms with van der Waals surface area (Å²) in [5.41, 5.74) is 1.31. The molecular weight excluding hydrogens is 192 g/mol. The molecule has 0 amide bonds. The monoisotopic (exact) mass is 196 g/mol. The second kappa shape index (κ2) is 2.57. The highest BCUT2D eigenvalue weighted by molar-refractivity contribution is 6.32. The SMILES string of the molecule is Cc1cc2c(cc1Cl)C(=O)OC2=O. The number of esters is 2. The molecule has 13 heavy (non-hydrogen) atoms. The molecule has 1 heterocycles. The lowest BCUT2D eigenvalue weighted by atomic mass is 10.1. The van der Waals surface area contributed by atoms with Crippen molar-refractivity contribution in [2.24, 2.45) is 0 Å². The minimum Gasteiger partial charge on any atom is -0.386 e. The lowest BCUT2D eigenvalue weighted by Gasteiger charge is -1.97. The van der Waals surface area contributed by atoms with E-state index in [0.29, 0.717) is 10.6 Å². The first-order valence-electron chi connectivity index (χ1n) is 3.66. The number of hydrogen-bond donors (Lipinski definition) is 0. The number of aryl methyl sites for hydroxylation is 1. The molecule has 0 saturated heterocycles. The first-order valence-corrected chi connectivity index (χ1v) is 4.04. The van der Waals surface area contributed by atoms with Crippen LogP contribution in [0.3, 0.4) is 0 Å². The van der Waals surface area contributed by atoms with Crippen LogP contribution in [0.25, 0.3) is 0 Å². The Labute approximate surface area is 79.3 Å². The van der Waals surface area contributed by atoms with Crippen molar-refractivity contribution in [1.29, 1.82) is 0 Å². The number of benzene rings is 1. The molecule has 0 N–H and O–H groups in total. The molecule has 0 fully saturated rings. The Bertz CT molecular complexity index is 384. The number of hydrogen-bond acceptors (Lipinski definition) is 3. The summed E-state index contributed by atoms with van der Waals surface area (Å²) in [4.78, 5) is 22.1. The van der Waals surface area contributed by atoms with E-state index in [1.807, 2.05) is 0 Å². The normalized spacial score (nSPS) is 14.3. The molecular formula is C9H5ClO3. The van der Waals surface area contributed by atoms with Gasteiger partial charge in [0.25, 0.3) is 0 Å². The lowest BCUT2D eigenvalue weighted by molar-refractivity contribution is 0.0444. The van der Waals surface area contributed by atoms with Crippen LogP contribution in [0, 0.1) is 6.92 Å². The van der Waals surface area contributed by atoms with Crippen LogP contribution in [-0.4, -0.2) is 11.9 Å². The average Bonchev–Trinajstić information content (AvgIpc) is 2.31. The van der Waals surface area contributed by atoms with E-state index in [1.165, 1.54) is 6.07 Å². The van der Waals surface area contributed by atoms with Crippen LogP contribution in [0.4, 0.5) is 0 Å². The molecule has 3 nitrogen and oxygen atoms in total. The number of rotatable bonds is 0. The van der Waals surface area contributed by atoms with Gasteiger partial charge in [0.1, 0.15) is 0 Å². The summed E-state index contributed by atoms with van der Waals surface area (Å²) >= 11 is 5.79. The summed E-state index contributed by atoms with van der Waals surface area (Å²) in [5, 5.41) is 0.463. The van der Waals surface area contributed by atoms with Gasteiger partial charge in [-0.25, -0.2) is 9.59 Å². The third kappa shape index (κ3) is 1.12. The Balaban J connectivity index is 2.72. The summed E-state index contributed by atoms with van der Waals surface area (Å²) in [7, 11) is 0. The third-order valence-electron chi connectivity index (χ3n) is 1.92. The molecule has 0 aliphatic carbocycles. The zero-order valence-electron chi connectivity index (χ0n) is 6.76. The molecule has 0 bridgehead atoms. The van der Waals surface area contributed by atoms with Crippen LogP contribution in [0.5, 0.6) is 0 Å². The quantitative estimate of drug-likeness (QED) is 0.471. The van der Waals surface area contributed by atoms with E-state index in [9.17, 15) is 9.59 Å². The number of carbonyl (C=O) groups excluding carboxylic acids is 2. The number of carbonyl (C=O) groups is 2. The zero-order valence-corrected chi connectivity index (χ0v) is 7.51. The van der Waals surface area contributed by atoms with Crippen molar-refractivity contribution < 1.29 is 14.3 Å². The molecule has 4 heteroatoms. The molecule has 0 radical (unpaired) electrons. The van der Waals surface area contributed by atoms with E-state index < -0.39 is 11.9 Å². The predicted molar refractivity (Wildman–Crippen MR) is 45.9 cm³/mol. The van der Waals surface area contributed by atoms with Crippen LogP contribution in [-0.2, 0) is 4.74 Å². The maximum atomic E-state index is 11.1. The van der Waals surface area contributed by atoms with Crippen molar-refractivity contribution in [3.8, 4) is 0 Å². The van der Waals surface area contributed by atoms with Crippen LogP contribution in [0.1, 0.15) is 26.3 Å². The van der Waals surface area contributed by atoms with E-state index in [1.54, 1.807) is 13.0 Å². The Morgan fingerprint density at radius 1 is 1.15 bits per heavy atom. The topological polar surface area (TPSA) is 43.4 Å². The number of halogens is 1. The maximum Gasteiger partial charge on any atom is 0.346 e. The Morgan fingerprint density at radius 2 is 1.69 bits per heavy atom. The van der Waals surface area contributed by atoms with Gasteiger partial charge in [-0.2, -0.15) is 0 Å². The summed E-state index contributed by atoms with van der Waals surface area (Å²) in [5.74, 6) is -1.22. The molecule has 1 aromatic rings. The predicted octanol–water partition coefficient (Wildman–Crippen LogP) is 1.96. The van der Waals surface area contributed by atoms with Crippen LogP contribution in [0.2, 0.25) is 5.02 Å². The second-order valence-electron chi connectivity index (χ2n) is 2.82. The van der Waals surface area contributed by atoms with Crippen LogP contribution in [0.15, 0.2) is 12.1 Å². The standard InChI is InChI=1S/C9H5ClO3/c1-4-2-5-6(3-7(4)10)9(12)13-8(5)11/h2-3H,1H3. The second-order valence-corrected chi connectivity index (χ2v) is 3.23. The van der Waals surface area contributed by atoms with Crippen LogP contribution < -0.4 is 0 Å². The van der Waals surface area contributed by atoms with Gasteiger partial charge in [-0.1, -0.05) is 11.6 Å². The molecule has 1 aromatic carbocycles. The molecule has 2 rings (SSSR count). The van der Waals surface area contributed by atoms with Gasteiger partial charge in [0.15, 0.2) is 0 Å². The van der Waals surface area contributed by atoms with E-state index in [4.69, 9.17) is 11.6 Å². The molecule has 1 aliphatic heterocycles.